The monoisotopic (exact) mass is 340 g/mol. The van der Waals surface area contributed by atoms with Crippen molar-refractivity contribution in [1.29, 1.82) is 0 Å². The molecule has 8 heteroatoms. The van der Waals surface area contributed by atoms with E-state index < -0.39 is 0 Å². The average Bonchev–Trinajstić information content (AvgIpc) is 3.40. The molecule has 5 rings (SSSR count). The molecular formula is C17H20N6O2. The first-order valence-corrected chi connectivity index (χ1v) is 8.87. The molecule has 1 fully saturated rings. The highest BCUT2D eigenvalue weighted by atomic mass is 16.4. The van der Waals surface area contributed by atoms with E-state index in [1.54, 1.807) is 6.26 Å². The molecule has 5 heterocycles. The number of hydrogen-bond donors (Lipinski definition) is 0. The lowest BCUT2D eigenvalue weighted by molar-refractivity contribution is 0.184. The van der Waals surface area contributed by atoms with Gasteiger partial charge in [0.2, 0.25) is 5.89 Å². The van der Waals surface area contributed by atoms with E-state index >= 15 is 0 Å². The van der Waals surface area contributed by atoms with Gasteiger partial charge in [0.05, 0.1) is 12.8 Å². The van der Waals surface area contributed by atoms with Gasteiger partial charge < -0.3 is 13.4 Å². The van der Waals surface area contributed by atoms with E-state index in [2.05, 4.69) is 29.9 Å². The Kier molecular flexibility index (Phi) is 3.62. The Hall–Kier alpha value is -2.48. The van der Waals surface area contributed by atoms with Crippen molar-refractivity contribution in [1.82, 2.24) is 29.9 Å². The van der Waals surface area contributed by atoms with E-state index in [9.17, 15) is 0 Å². The first-order valence-electron chi connectivity index (χ1n) is 8.87. The Labute approximate surface area is 144 Å². The van der Waals surface area contributed by atoms with E-state index in [1.165, 1.54) is 12.2 Å². The van der Waals surface area contributed by atoms with Crippen molar-refractivity contribution in [3.63, 3.8) is 0 Å². The topological polar surface area (TPSA) is 86.0 Å². The van der Waals surface area contributed by atoms with Crippen LogP contribution in [0.25, 0.3) is 11.7 Å². The Bertz CT molecular complexity index is 845. The Morgan fingerprint density at radius 1 is 1.08 bits per heavy atom. The first kappa shape index (κ1) is 14.8. The van der Waals surface area contributed by atoms with Crippen LogP contribution in [0.5, 0.6) is 0 Å². The van der Waals surface area contributed by atoms with E-state index in [4.69, 9.17) is 8.83 Å². The minimum Gasteiger partial charge on any atom is -0.459 e. The van der Waals surface area contributed by atoms with Crippen molar-refractivity contribution in [2.45, 2.75) is 44.7 Å². The molecule has 2 aliphatic rings. The van der Waals surface area contributed by atoms with Gasteiger partial charge in [-0.15, -0.1) is 20.4 Å². The maximum Gasteiger partial charge on any atom is 0.283 e. The van der Waals surface area contributed by atoms with Crippen LogP contribution in [-0.4, -0.2) is 43.0 Å². The molecule has 0 unspecified atom stereocenters. The highest BCUT2D eigenvalue weighted by Gasteiger charge is 2.28. The summed E-state index contributed by atoms with van der Waals surface area (Å²) in [6.45, 7) is 3.77. The van der Waals surface area contributed by atoms with Crippen molar-refractivity contribution in [2.75, 3.05) is 13.1 Å². The van der Waals surface area contributed by atoms with Crippen LogP contribution in [0.2, 0.25) is 0 Å². The second-order valence-electron chi connectivity index (χ2n) is 6.76. The van der Waals surface area contributed by atoms with Crippen LogP contribution in [0.1, 0.15) is 42.7 Å². The minimum absolute atomic E-state index is 0.439. The predicted molar refractivity (Wildman–Crippen MR) is 87.6 cm³/mol. The number of aryl methyl sites for hydroxylation is 1. The Balaban J connectivity index is 1.21. The fraction of sp³-hybridized carbons (Fsp3) is 0.529. The fourth-order valence-corrected chi connectivity index (χ4v) is 3.83. The van der Waals surface area contributed by atoms with Crippen LogP contribution in [0.4, 0.5) is 0 Å². The van der Waals surface area contributed by atoms with Gasteiger partial charge in [0.25, 0.3) is 5.89 Å². The van der Waals surface area contributed by atoms with E-state index in [0.717, 1.165) is 44.7 Å². The molecule has 0 bridgehead atoms. The van der Waals surface area contributed by atoms with Gasteiger partial charge in [0.15, 0.2) is 5.76 Å². The van der Waals surface area contributed by atoms with E-state index in [0.29, 0.717) is 30.0 Å². The zero-order valence-electron chi connectivity index (χ0n) is 14.0. The molecule has 1 saturated heterocycles. The molecule has 0 N–H and O–H groups in total. The molecule has 0 aliphatic carbocycles. The molecular weight excluding hydrogens is 320 g/mol. The quantitative estimate of drug-likeness (QED) is 0.720. The summed E-state index contributed by atoms with van der Waals surface area (Å²) in [6.07, 6.45) is 6.06. The maximum absolute atomic E-state index is 5.71. The van der Waals surface area contributed by atoms with Crippen molar-refractivity contribution in [2.24, 2.45) is 0 Å². The van der Waals surface area contributed by atoms with Crippen LogP contribution < -0.4 is 0 Å². The van der Waals surface area contributed by atoms with Gasteiger partial charge in [0, 0.05) is 18.9 Å². The number of rotatable bonds is 4. The molecule has 0 spiro atoms. The van der Waals surface area contributed by atoms with Gasteiger partial charge in [-0.05, 0) is 44.5 Å². The second-order valence-corrected chi connectivity index (χ2v) is 6.76. The lowest BCUT2D eigenvalue weighted by Crippen LogP contribution is -2.33. The zero-order chi connectivity index (χ0) is 16.6. The summed E-state index contributed by atoms with van der Waals surface area (Å²) in [7, 11) is 0. The number of fused-ring (bicyclic) bond motifs is 1. The zero-order valence-corrected chi connectivity index (χ0v) is 14.0. The Morgan fingerprint density at radius 2 is 2.00 bits per heavy atom. The highest BCUT2D eigenvalue weighted by molar-refractivity contribution is 5.42. The summed E-state index contributed by atoms with van der Waals surface area (Å²) in [4.78, 5) is 2.36. The standard InChI is InChI=1S/C17H20N6O2/c1-4-14-18-20-16(23(14)7-1)12-5-8-22(9-6-12)11-15-19-21-17(25-15)13-3-2-10-24-13/h2-3,10,12H,1,4-9,11H2. The third-order valence-corrected chi connectivity index (χ3v) is 5.15. The number of likely N-dealkylation sites (tertiary alicyclic amines) is 1. The second kappa shape index (κ2) is 6.11. The number of nitrogens with zero attached hydrogens (tertiary/aromatic N) is 6. The van der Waals surface area contributed by atoms with Gasteiger partial charge in [-0.3, -0.25) is 4.90 Å². The van der Waals surface area contributed by atoms with E-state index in [-0.39, 0.29) is 0 Å². The molecule has 3 aromatic heterocycles. The van der Waals surface area contributed by atoms with Crippen molar-refractivity contribution < 1.29 is 8.83 Å². The molecule has 25 heavy (non-hydrogen) atoms. The molecule has 130 valence electrons. The SMILES string of the molecule is c1coc(-c2nnc(CN3CCC(c4nnc5n4CCC5)CC3)o2)c1. The molecule has 0 atom stereocenters. The van der Waals surface area contributed by atoms with Crippen molar-refractivity contribution >= 4 is 0 Å². The third kappa shape index (κ3) is 2.76. The average molecular weight is 340 g/mol. The highest BCUT2D eigenvalue weighted by Crippen LogP contribution is 2.30. The predicted octanol–water partition coefficient (Wildman–Crippen LogP) is 2.25. The molecule has 0 saturated carbocycles. The minimum atomic E-state index is 0.439. The van der Waals surface area contributed by atoms with Gasteiger partial charge in [0.1, 0.15) is 11.6 Å². The molecule has 8 nitrogen and oxygen atoms in total. The van der Waals surface area contributed by atoms with Gasteiger partial charge >= 0.3 is 0 Å². The fourth-order valence-electron chi connectivity index (χ4n) is 3.83. The third-order valence-electron chi connectivity index (χ3n) is 5.15. The normalized spacial score (nSPS) is 18.7. The summed E-state index contributed by atoms with van der Waals surface area (Å²) >= 11 is 0. The van der Waals surface area contributed by atoms with Crippen molar-refractivity contribution in [3.05, 3.63) is 35.9 Å². The van der Waals surface area contributed by atoms with Gasteiger partial charge in [-0.25, -0.2) is 0 Å². The van der Waals surface area contributed by atoms with Crippen LogP contribution >= 0.6 is 0 Å². The maximum atomic E-state index is 5.71. The molecule has 3 aromatic rings. The largest absolute Gasteiger partial charge is 0.459 e. The summed E-state index contributed by atoms with van der Waals surface area (Å²) < 4.78 is 13.3. The van der Waals surface area contributed by atoms with E-state index in [1.807, 2.05) is 12.1 Å². The smallest absolute Gasteiger partial charge is 0.283 e. The number of piperidine rings is 1. The summed E-state index contributed by atoms with van der Waals surface area (Å²) in [5.41, 5.74) is 0. The number of furan rings is 1. The Morgan fingerprint density at radius 3 is 2.84 bits per heavy atom. The van der Waals surface area contributed by atoms with Crippen LogP contribution in [0.3, 0.4) is 0 Å². The lowest BCUT2D eigenvalue weighted by atomic mass is 9.96. The number of hydrogen-bond acceptors (Lipinski definition) is 7. The van der Waals surface area contributed by atoms with Gasteiger partial charge in [-0.2, -0.15) is 0 Å². The molecule has 0 radical (unpaired) electrons. The van der Waals surface area contributed by atoms with Gasteiger partial charge in [-0.1, -0.05) is 0 Å². The van der Waals surface area contributed by atoms with Crippen molar-refractivity contribution in [3.8, 4) is 11.7 Å². The summed E-state index contributed by atoms with van der Waals surface area (Å²) in [5.74, 6) is 4.54. The van der Waals surface area contributed by atoms with Crippen LogP contribution in [-0.2, 0) is 19.5 Å². The molecule has 0 amide bonds. The number of aromatic nitrogens is 5. The van der Waals surface area contributed by atoms with Crippen LogP contribution in [0.15, 0.2) is 27.2 Å². The summed E-state index contributed by atoms with van der Waals surface area (Å²) in [5, 5.41) is 17.0. The molecule has 0 aromatic carbocycles. The summed E-state index contributed by atoms with van der Waals surface area (Å²) in [6, 6.07) is 3.63. The first-order chi connectivity index (χ1) is 12.4. The molecule has 2 aliphatic heterocycles. The van der Waals surface area contributed by atoms with Crippen LogP contribution in [0, 0.1) is 0 Å². The lowest BCUT2D eigenvalue weighted by Gasteiger charge is -2.30.